The number of hydrogen-bond acceptors (Lipinski definition) is 5. The Morgan fingerprint density at radius 2 is 2.18 bits per heavy atom. The number of ketones is 1. The Hall–Kier alpha value is -2.24. The molecule has 118 valence electrons. The fourth-order valence-electron chi connectivity index (χ4n) is 2.47. The number of ether oxygens (including phenoxy) is 2. The third-order valence-electron chi connectivity index (χ3n) is 3.62. The molecule has 0 atom stereocenters. The maximum Gasteiger partial charge on any atom is 0.258 e. The van der Waals surface area contributed by atoms with Crippen molar-refractivity contribution in [2.75, 3.05) is 6.61 Å². The van der Waals surface area contributed by atoms with E-state index >= 15 is 0 Å². The van der Waals surface area contributed by atoms with E-state index < -0.39 is 5.60 Å². The summed E-state index contributed by atoms with van der Waals surface area (Å²) in [5, 5.41) is 12.8. The van der Waals surface area contributed by atoms with Crippen LogP contribution >= 0.6 is 0 Å². The van der Waals surface area contributed by atoms with Crippen molar-refractivity contribution in [3.63, 3.8) is 0 Å². The second-order valence-electron chi connectivity index (χ2n) is 6.41. The van der Waals surface area contributed by atoms with Crippen molar-refractivity contribution >= 4 is 11.7 Å². The van der Waals surface area contributed by atoms with E-state index in [9.17, 15) is 14.7 Å². The largest absolute Gasteiger partial charge is 0.507 e. The Kier molecular flexibility index (Phi) is 3.47. The monoisotopic (exact) mass is 305 g/mol. The molecule has 1 aliphatic heterocycles. The van der Waals surface area contributed by atoms with Gasteiger partial charge >= 0.3 is 0 Å². The van der Waals surface area contributed by atoms with Crippen LogP contribution in [0.3, 0.4) is 0 Å². The van der Waals surface area contributed by atoms with E-state index in [1.54, 1.807) is 0 Å². The number of hydrogen-bond donors (Lipinski definition) is 2. The summed E-state index contributed by atoms with van der Waals surface area (Å²) in [5.74, 6) is 0.0426. The first-order valence-corrected chi connectivity index (χ1v) is 7.35. The van der Waals surface area contributed by atoms with Gasteiger partial charge in [-0.2, -0.15) is 0 Å². The summed E-state index contributed by atoms with van der Waals surface area (Å²) in [6, 6.07) is 3.15. The van der Waals surface area contributed by atoms with Crippen molar-refractivity contribution in [3.05, 3.63) is 17.7 Å². The smallest absolute Gasteiger partial charge is 0.258 e. The van der Waals surface area contributed by atoms with Crippen molar-refractivity contribution in [1.82, 2.24) is 5.32 Å². The van der Waals surface area contributed by atoms with E-state index in [1.165, 1.54) is 12.1 Å². The van der Waals surface area contributed by atoms with Crippen LogP contribution in [0.1, 0.15) is 43.5 Å². The summed E-state index contributed by atoms with van der Waals surface area (Å²) in [6.07, 6.45) is 2.23. The van der Waals surface area contributed by atoms with Gasteiger partial charge < -0.3 is 19.9 Å². The van der Waals surface area contributed by atoms with Crippen molar-refractivity contribution in [3.8, 4) is 17.2 Å². The predicted molar refractivity (Wildman–Crippen MR) is 78.4 cm³/mol. The molecule has 0 unspecified atom stereocenters. The van der Waals surface area contributed by atoms with E-state index in [2.05, 4.69) is 5.32 Å². The highest BCUT2D eigenvalue weighted by atomic mass is 16.5. The highest BCUT2D eigenvalue weighted by Gasteiger charge is 2.35. The number of aromatic hydroxyl groups is 1. The lowest BCUT2D eigenvalue weighted by Gasteiger charge is -2.32. The summed E-state index contributed by atoms with van der Waals surface area (Å²) >= 11 is 0. The highest BCUT2D eigenvalue weighted by Crippen LogP contribution is 2.40. The predicted octanol–water partition coefficient (Wildman–Crippen LogP) is 1.79. The quantitative estimate of drug-likeness (QED) is 0.886. The fourth-order valence-corrected chi connectivity index (χ4v) is 2.47. The highest BCUT2D eigenvalue weighted by molar-refractivity contribution is 6.03. The Morgan fingerprint density at radius 1 is 1.45 bits per heavy atom. The molecule has 2 aliphatic rings. The van der Waals surface area contributed by atoms with Crippen LogP contribution < -0.4 is 14.8 Å². The standard InChI is InChI=1S/C16H19NO5/c1-16(2)7-12(19)15-11(18)5-10(6-13(15)22-16)21-8-14(20)17-9-3-4-9/h5-6,9,18H,3-4,7-8H2,1-2H3,(H,17,20). The van der Waals surface area contributed by atoms with Gasteiger partial charge in [-0.3, -0.25) is 9.59 Å². The van der Waals surface area contributed by atoms with Crippen LogP contribution in [0.25, 0.3) is 0 Å². The molecule has 1 heterocycles. The third-order valence-corrected chi connectivity index (χ3v) is 3.62. The summed E-state index contributed by atoms with van der Waals surface area (Å²) in [7, 11) is 0. The molecule has 0 saturated heterocycles. The molecule has 1 fully saturated rings. The van der Waals surface area contributed by atoms with E-state index in [1.807, 2.05) is 13.8 Å². The molecule has 1 aromatic rings. The second-order valence-corrected chi connectivity index (χ2v) is 6.41. The molecule has 0 aromatic heterocycles. The molecule has 1 amide bonds. The van der Waals surface area contributed by atoms with Crippen molar-refractivity contribution < 1.29 is 24.2 Å². The van der Waals surface area contributed by atoms with Crippen molar-refractivity contribution in [2.24, 2.45) is 0 Å². The zero-order chi connectivity index (χ0) is 15.9. The molecule has 6 heteroatoms. The molecule has 1 aliphatic carbocycles. The number of carbonyl (C=O) groups excluding carboxylic acids is 2. The zero-order valence-corrected chi connectivity index (χ0v) is 12.6. The van der Waals surface area contributed by atoms with Gasteiger partial charge in [0.05, 0.1) is 6.42 Å². The zero-order valence-electron chi connectivity index (χ0n) is 12.6. The van der Waals surface area contributed by atoms with Gasteiger partial charge in [0.2, 0.25) is 0 Å². The van der Waals surface area contributed by atoms with Gasteiger partial charge in [-0.15, -0.1) is 0 Å². The summed E-state index contributed by atoms with van der Waals surface area (Å²) in [6.45, 7) is 3.48. The fraction of sp³-hybridized carbons (Fsp3) is 0.500. The Balaban J connectivity index is 1.74. The van der Waals surface area contributed by atoms with Gasteiger partial charge in [0.1, 0.15) is 28.4 Å². The SMILES string of the molecule is CC1(C)CC(=O)c2c(O)cc(OCC(=O)NC3CC3)cc2O1. The molecule has 6 nitrogen and oxygen atoms in total. The molecule has 1 aromatic carbocycles. The normalized spacial score (nSPS) is 19.1. The molecule has 0 spiro atoms. The average Bonchev–Trinajstić information content (AvgIpc) is 3.17. The van der Waals surface area contributed by atoms with Crippen LogP contribution in [0.5, 0.6) is 17.2 Å². The maximum absolute atomic E-state index is 12.1. The van der Waals surface area contributed by atoms with Gasteiger partial charge in [-0.1, -0.05) is 0 Å². The van der Waals surface area contributed by atoms with Crippen LogP contribution in [0.15, 0.2) is 12.1 Å². The third kappa shape index (κ3) is 3.16. The lowest BCUT2D eigenvalue weighted by Crippen LogP contribution is -2.36. The first kappa shape index (κ1) is 14.7. The molecule has 1 saturated carbocycles. The number of benzene rings is 1. The summed E-state index contributed by atoms with van der Waals surface area (Å²) in [5.41, 5.74) is -0.451. The Labute approximate surface area is 128 Å². The second kappa shape index (κ2) is 5.19. The Bertz CT molecular complexity index is 634. The number of amides is 1. The number of carbonyl (C=O) groups is 2. The number of fused-ring (bicyclic) bond motifs is 1. The molecular formula is C16H19NO5. The first-order valence-electron chi connectivity index (χ1n) is 7.35. The van der Waals surface area contributed by atoms with Crippen molar-refractivity contribution in [2.45, 2.75) is 44.8 Å². The molecule has 3 rings (SSSR count). The number of rotatable bonds is 4. The van der Waals surface area contributed by atoms with Gasteiger partial charge in [-0.25, -0.2) is 0 Å². The van der Waals surface area contributed by atoms with Gasteiger partial charge in [0, 0.05) is 18.2 Å². The van der Waals surface area contributed by atoms with Gasteiger partial charge in [-0.05, 0) is 26.7 Å². The summed E-state index contributed by atoms with van der Waals surface area (Å²) in [4.78, 5) is 23.7. The van der Waals surface area contributed by atoms with Crippen LogP contribution in [0.4, 0.5) is 0 Å². The minimum Gasteiger partial charge on any atom is -0.507 e. The van der Waals surface area contributed by atoms with Crippen LogP contribution in [-0.2, 0) is 4.79 Å². The van der Waals surface area contributed by atoms with E-state index in [0.717, 1.165) is 12.8 Å². The van der Waals surface area contributed by atoms with Crippen LogP contribution in [0.2, 0.25) is 0 Å². The van der Waals surface area contributed by atoms with Crippen LogP contribution in [-0.4, -0.2) is 35.0 Å². The first-order chi connectivity index (χ1) is 10.3. The van der Waals surface area contributed by atoms with Gasteiger partial charge in [0.15, 0.2) is 12.4 Å². The molecule has 2 N–H and O–H groups in total. The van der Waals surface area contributed by atoms with E-state index in [0.29, 0.717) is 11.5 Å². The number of phenols is 1. The van der Waals surface area contributed by atoms with Crippen LogP contribution in [0, 0.1) is 0 Å². The lowest BCUT2D eigenvalue weighted by molar-refractivity contribution is -0.123. The lowest BCUT2D eigenvalue weighted by atomic mass is 9.92. The van der Waals surface area contributed by atoms with E-state index in [-0.39, 0.29) is 42.1 Å². The average molecular weight is 305 g/mol. The van der Waals surface area contributed by atoms with Gasteiger partial charge in [0.25, 0.3) is 5.91 Å². The molecule has 0 radical (unpaired) electrons. The number of nitrogens with one attached hydrogen (secondary N) is 1. The maximum atomic E-state index is 12.1. The topological polar surface area (TPSA) is 84.9 Å². The minimum atomic E-state index is -0.626. The number of phenolic OH excluding ortho intramolecular Hbond substituents is 1. The van der Waals surface area contributed by atoms with Crippen molar-refractivity contribution in [1.29, 1.82) is 0 Å². The molecule has 22 heavy (non-hydrogen) atoms. The summed E-state index contributed by atoms with van der Waals surface area (Å²) < 4.78 is 11.1. The molecule has 0 bridgehead atoms. The Morgan fingerprint density at radius 3 is 2.86 bits per heavy atom. The number of Topliss-reactive ketones (excluding diaryl/α,β-unsaturated/α-hetero) is 1. The minimum absolute atomic E-state index is 0.133. The van der Waals surface area contributed by atoms with E-state index in [4.69, 9.17) is 9.47 Å². The molecular weight excluding hydrogens is 286 g/mol.